The molecule has 6 heteroatoms. The van der Waals surface area contributed by atoms with Gasteiger partial charge in [-0.1, -0.05) is 0 Å². The number of aldehydes is 1. The second-order valence-electron chi connectivity index (χ2n) is 3.91. The fourth-order valence-electron chi connectivity index (χ4n) is 1.84. The van der Waals surface area contributed by atoms with E-state index in [9.17, 15) is 9.18 Å². The molecule has 0 aliphatic rings. The number of nitrogens with zero attached hydrogens (tertiary/aromatic N) is 2. The summed E-state index contributed by atoms with van der Waals surface area (Å²) in [5, 5.41) is 4.09. The lowest BCUT2D eigenvalue weighted by atomic mass is 10.1. The molecule has 0 aliphatic heterocycles. The van der Waals surface area contributed by atoms with Crippen molar-refractivity contribution in [2.75, 3.05) is 14.2 Å². The number of benzene rings is 1. The van der Waals surface area contributed by atoms with E-state index in [1.54, 1.807) is 7.05 Å². The minimum atomic E-state index is -0.528. The van der Waals surface area contributed by atoms with E-state index >= 15 is 0 Å². The minimum absolute atomic E-state index is 0.195. The molecule has 0 bridgehead atoms. The first kappa shape index (κ1) is 13.1. The van der Waals surface area contributed by atoms with Crippen molar-refractivity contribution in [3.05, 3.63) is 29.7 Å². The zero-order valence-electron chi connectivity index (χ0n) is 10.8. The Labute approximate surface area is 109 Å². The summed E-state index contributed by atoms with van der Waals surface area (Å²) >= 11 is 0. The minimum Gasteiger partial charge on any atom is -0.493 e. The van der Waals surface area contributed by atoms with Crippen LogP contribution in [0.5, 0.6) is 11.5 Å². The van der Waals surface area contributed by atoms with E-state index in [1.165, 1.54) is 37.2 Å². The molecule has 0 aliphatic carbocycles. The summed E-state index contributed by atoms with van der Waals surface area (Å²) in [6.45, 7) is 0. The maximum Gasteiger partial charge on any atom is 0.163 e. The van der Waals surface area contributed by atoms with Crippen molar-refractivity contribution in [3.8, 4) is 22.8 Å². The number of ether oxygens (including phenoxy) is 2. The second-order valence-corrected chi connectivity index (χ2v) is 3.91. The number of aromatic nitrogens is 2. The van der Waals surface area contributed by atoms with E-state index in [0.29, 0.717) is 17.6 Å². The molecular formula is C13H13FN2O3. The van der Waals surface area contributed by atoms with E-state index < -0.39 is 5.82 Å². The third-order valence-electron chi connectivity index (χ3n) is 2.71. The number of rotatable bonds is 4. The molecule has 100 valence electrons. The zero-order valence-corrected chi connectivity index (χ0v) is 10.8. The van der Waals surface area contributed by atoms with Gasteiger partial charge in [0.05, 0.1) is 19.8 Å². The van der Waals surface area contributed by atoms with Gasteiger partial charge in [-0.3, -0.25) is 9.48 Å². The fourth-order valence-corrected chi connectivity index (χ4v) is 1.84. The van der Waals surface area contributed by atoms with E-state index in [0.717, 1.165) is 0 Å². The van der Waals surface area contributed by atoms with Crippen molar-refractivity contribution in [1.82, 2.24) is 9.78 Å². The molecule has 0 amide bonds. The van der Waals surface area contributed by atoms with Crippen LogP contribution in [0, 0.1) is 5.82 Å². The fraction of sp³-hybridized carbons (Fsp3) is 0.231. The highest BCUT2D eigenvalue weighted by Crippen LogP contribution is 2.35. The number of carbonyl (C=O) groups excluding carboxylic acids is 1. The quantitative estimate of drug-likeness (QED) is 0.793. The Bertz CT molecular complexity index is 623. The first-order chi connectivity index (χ1) is 9.10. The molecule has 0 atom stereocenters. The average molecular weight is 264 g/mol. The predicted molar refractivity (Wildman–Crippen MR) is 67.1 cm³/mol. The molecule has 0 saturated heterocycles. The Morgan fingerprint density at radius 3 is 2.47 bits per heavy atom. The lowest BCUT2D eigenvalue weighted by Gasteiger charge is -2.10. The monoisotopic (exact) mass is 264 g/mol. The number of aryl methyl sites for hydroxylation is 1. The van der Waals surface area contributed by atoms with Gasteiger partial charge in [-0.25, -0.2) is 4.39 Å². The van der Waals surface area contributed by atoms with Crippen LogP contribution in [-0.2, 0) is 7.05 Å². The van der Waals surface area contributed by atoms with Crippen LogP contribution in [0.2, 0.25) is 0 Å². The molecule has 19 heavy (non-hydrogen) atoms. The molecule has 5 nitrogen and oxygen atoms in total. The van der Waals surface area contributed by atoms with Gasteiger partial charge in [0, 0.05) is 24.9 Å². The summed E-state index contributed by atoms with van der Waals surface area (Å²) in [6.07, 6.45) is 2.16. The summed E-state index contributed by atoms with van der Waals surface area (Å²) < 4.78 is 25.6. The molecule has 1 aromatic carbocycles. The number of hydrogen-bond donors (Lipinski definition) is 0. The molecule has 1 aromatic heterocycles. The lowest BCUT2D eigenvalue weighted by Crippen LogP contribution is -1.96. The van der Waals surface area contributed by atoms with Crippen LogP contribution in [0.25, 0.3) is 11.3 Å². The highest BCUT2D eigenvalue weighted by Gasteiger charge is 2.17. The lowest BCUT2D eigenvalue weighted by molar-refractivity contribution is 0.112. The summed E-state index contributed by atoms with van der Waals surface area (Å²) in [4.78, 5) is 11.0. The van der Waals surface area contributed by atoms with Crippen molar-refractivity contribution >= 4 is 6.29 Å². The van der Waals surface area contributed by atoms with Crippen molar-refractivity contribution in [1.29, 1.82) is 0 Å². The van der Waals surface area contributed by atoms with Crippen molar-refractivity contribution in [3.63, 3.8) is 0 Å². The summed E-state index contributed by atoms with van der Waals surface area (Å²) in [6, 6.07) is 2.67. The van der Waals surface area contributed by atoms with Crippen molar-refractivity contribution in [2.45, 2.75) is 0 Å². The Kier molecular flexibility index (Phi) is 3.50. The van der Waals surface area contributed by atoms with Crippen LogP contribution in [0.4, 0.5) is 4.39 Å². The summed E-state index contributed by atoms with van der Waals surface area (Å²) in [5.74, 6) is 0.133. The highest BCUT2D eigenvalue weighted by atomic mass is 19.1. The van der Waals surface area contributed by atoms with Gasteiger partial charge >= 0.3 is 0 Å². The van der Waals surface area contributed by atoms with Gasteiger partial charge in [-0.2, -0.15) is 5.10 Å². The van der Waals surface area contributed by atoms with Gasteiger partial charge in [0.2, 0.25) is 0 Å². The number of methoxy groups -OCH3 is 2. The standard InChI is InChI=1S/C13H13FN2O3/c1-16-6-8(7-17)13(15-16)9-4-11(18-2)12(19-3)5-10(9)14/h4-7H,1-3H3. The Hall–Kier alpha value is -2.37. The maximum absolute atomic E-state index is 14.1. The molecule has 0 unspecified atom stereocenters. The molecule has 0 spiro atoms. The van der Waals surface area contributed by atoms with E-state index in [2.05, 4.69) is 5.10 Å². The van der Waals surface area contributed by atoms with Gasteiger partial charge in [0.1, 0.15) is 11.5 Å². The number of halogens is 1. The van der Waals surface area contributed by atoms with E-state index in [-0.39, 0.29) is 17.0 Å². The molecule has 0 N–H and O–H groups in total. The smallest absolute Gasteiger partial charge is 0.163 e. The predicted octanol–water partition coefficient (Wildman–Crippen LogP) is 2.06. The van der Waals surface area contributed by atoms with Crippen LogP contribution < -0.4 is 9.47 Å². The van der Waals surface area contributed by atoms with Crippen molar-refractivity contribution < 1.29 is 18.7 Å². The molecule has 0 saturated carbocycles. The van der Waals surface area contributed by atoms with Gasteiger partial charge in [0.15, 0.2) is 17.8 Å². The Morgan fingerprint density at radius 2 is 1.89 bits per heavy atom. The van der Waals surface area contributed by atoms with Crippen LogP contribution >= 0.6 is 0 Å². The molecule has 0 fully saturated rings. The van der Waals surface area contributed by atoms with Crippen LogP contribution in [-0.4, -0.2) is 30.3 Å². The largest absolute Gasteiger partial charge is 0.493 e. The average Bonchev–Trinajstić information content (AvgIpc) is 2.79. The van der Waals surface area contributed by atoms with Gasteiger partial charge in [0.25, 0.3) is 0 Å². The molecule has 2 rings (SSSR count). The van der Waals surface area contributed by atoms with E-state index in [1.807, 2.05) is 0 Å². The van der Waals surface area contributed by atoms with Crippen LogP contribution in [0.1, 0.15) is 10.4 Å². The van der Waals surface area contributed by atoms with Gasteiger partial charge < -0.3 is 9.47 Å². The highest BCUT2D eigenvalue weighted by molar-refractivity contribution is 5.86. The SMILES string of the molecule is COc1cc(F)c(-c2nn(C)cc2C=O)cc1OC. The van der Waals surface area contributed by atoms with E-state index in [4.69, 9.17) is 9.47 Å². The third-order valence-corrected chi connectivity index (χ3v) is 2.71. The van der Waals surface area contributed by atoms with Crippen molar-refractivity contribution in [2.24, 2.45) is 7.05 Å². The van der Waals surface area contributed by atoms with Crippen LogP contribution in [0.3, 0.4) is 0 Å². The van der Waals surface area contributed by atoms with Gasteiger partial charge in [-0.15, -0.1) is 0 Å². The molecule has 1 heterocycles. The topological polar surface area (TPSA) is 53.4 Å². The summed E-state index contributed by atoms with van der Waals surface area (Å²) in [5.41, 5.74) is 0.782. The Balaban J connectivity index is 2.64. The number of carbonyl (C=O) groups is 1. The first-order valence-electron chi connectivity index (χ1n) is 5.51. The van der Waals surface area contributed by atoms with Gasteiger partial charge in [-0.05, 0) is 6.07 Å². The molecular weight excluding hydrogens is 251 g/mol. The third kappa shape index (κ3) is 2.29. The van der Waals surface area contributed by atoms with Crippen LogP contribution in [0.15, 0.2) is 18.3 Å². The normalized spacial score (nSPS) is 10.3. The maximum atomic E-state index is 14.1. The second kappa shape index (κ2) is 5.09. The first-order valence-corrected chi connectivity index (χ1v) is 5.51. The summed E-state index contributed by atoms with van der Waals surface area (Å²) in [7, 11) is 4.54. The number of hydrogen-bond acceptors (Lipinski definition) is 4. The zero-order chi connectivity index (χ0) is 14.0. The Morgan fingerprint density at radius 1 is 1.26 bits per heavy atom. The molecule has 0 radical (unpaired) electrons. The molecule has 2 aromatic rings.